The lowest BCUT2D eigenvalue weighted by atomic mass is 10.0. The summed E-state index contributed by atoms with van der Waals surface area (Å²) in [5.74, 6) is -0.276. The van der Waals surface area contributed by atoms with Gasteiger partial charge in [-0.15, -0.1) is 0 Å². The third-order valence-electron chi connectivity index (χ3n) is 4.55. The minimum absolute atomic E-state index is 0.0583. The van der Waals surface area contributed by atoms with Gasteiger partial charge in [-0.3, -0.25) is 9.59 Å². The standard InChI is InChI=1S/C19H18N2O4S/c22-12-14-7-4-8-16-15(14)9-10-17(16)20-19(23)11-18(21-26(24)25)13-5-2-1-3-6-13/h1-8,12,17-18H,9-11H2,(H,20,23). The van der Waals surface area contributed by atoms with Gasteiger partial charge < -0.3 is 5.32 Å². The highest BCUT2D eigenvalue weighted by atomic mass is 32.2. The van der Waals surface area contributed by atoms with Crippen LogP contribution in [-0.4, -0.2) is 20.6 Å². The van der Waals surface area contributed by atoms with Crippen LogP contribution in [0.25, 0.3) is 0 Å². The molecule has 134 valence electrons. The third kappa shape index (κ3) is 4.05. The van der Waals surface area contributed by atoms with E-state index in [9.17, 15) is 18.0 Å². The van der Waals surface area contributed by atoms with Gasteiger partial charge in [0.05, 0.1) is 12.5 Å². The Morgan fingerprint density at radius 3 is 2.65 bits per heavy atom. The van der Waals surface area contributed by atoms with Gasteiger partial charge >= 0.3 is 10.5 Å². The highest BCUT2D eigenvalue weighted by Gasteiger charge is 2.26. The van der Waals surface area contributed by atoms with E-state index < -0.39 is 16.5 Å². The molecule has 1 amide bonds. The van der Waals surface area contributed by atoms with Crippen molar-refractivity contribution in [2.45, 2.75) is 31.3 Å². The van der Waals surface area contributed by atoms with Crippen LogP contribution in [0.5, 0.6) is 0 Å². The maximum absolute atomic E-state index is 12.5. The Morgan fingerprint density at radius 1 is 1.19 bits per heavy atom. The summed E-state index contributed by atoms with van der Waals surface area (Å²) < 4.78 is 25.7. The Labute approximate surface area is 153 Å². The third-order valence-corrected chi connectivity index (χ3v) is 4.97. The lowest BCUT2D eigenvalue weighted by molar-refractivity contribution is -0.122. The molecule has 0 heterocycles. The molecular weight excluding hydrogens is 352 g/mol. The van der Waals surface area contributed by atoms with E-state index in [0.717, 1.165) is 23.8 Å². The maximum Gasteiger partial charge on any atom is 0.311 e. The molecule has 26 heavy (non-hydrogen) atoms. The molecule has 0 saturated heterocycles. The van der Waals surface area contributed by atoms with E-state index in [4.69, 9.17) is 0 Å². The summed E-state index contributed by atoms with van der Waals surface area (Å²) >= 11 is 0. The van der Waals surface area contributed by atoms with Crippen LogP contribution in [0.4, 0.5) is 0 Å². The van der Waals surface area contributed by atoms with Gasteiger partial charge in [0.2, 0.25) is 5.91 Å². The number of benzene rings is 2. The number of carbonyl (C=O) groups is 2. The van der Waals surface area contributed by atoms with E-state index >= 15 is 0 Å². The van der Waals surface area contributed by atoms with Crippen molar-refractivity contribution in [1.29, 1.82) is 0 Å². The lowest BCUT2D eigenvalue weighted by Crippen LogP contribution is -2.28. The molecule has 0 saturated carbocycles. The Morgan fingerprint density at radius 2 is 1.96 bits per heavy atom. The largest absolute Gasteiger partial charge is 0.349 e. The molecule has 0 bridgehead atoms. The van der Waals surface area contributed by atoms with E-state index in [0.29, 0.717) is 17.5 Å². The first-order chi connectivity index (χ1) is 12.6. The van der Waals surface area contributed by atoms with E-state index in [1.54, 1.807) is 36.4 Å². The molecular formula is C19H18N2O4S. The normalized spacial score (nSPS) is 16.4. The van der Waals surface area contributed by atoms with Crippen LogP contribution in [0.15, 0.2) is 52.9 Å². The highest BCUT2D eigenvalue weighted by Crippen LogP contribution is 2.33. The van der Waals surface area contributed by atoms with Crippen molar-refractivity contribution in [2.75, 3.05) is 0 Å². The Bertz CT molecular complexity index is 947. The summed E-state index contributed by atoms with van der Waals surface area (Å²) in [7, 11) is -2.60. The number of fused-ring (bicyclic) bond motifs is 1. The summed E-state index contributed by atoms with van der Waals surface area (Å²) in [5, 5.41) is 2.94. The molecule has 0 radical (unpaired) electrons. The second-order valence-corrected chi connectivity index (χ2v) is 6.79. The van der Waals surface area contributed by atoms with Crippen molar-refractivity contribution in [3.05, 3.63) is 70.8 Å². The summed E-state index contributed by atoms with van der Waals surface area (Å²) in [6.07, 6.45) is 2.22. The van der Waals surface area contributed by atoms with Gasteiger partial charge in [-0.1, -0.05) is 48.5 Å². The van der Waals surface area contributed by atoms with Crippen molar-refractivity contribution >= 4 is 22.7 Å². The fraction of sp³-hybridized carbons (Fsp3) is 0.263. The number of amides is 1. The van der Waals surface area contributed by atoms with Crippen molar-refractivity contribution in [1.82, 2.24) is 5.32 Å². The minimum Gasteiger partial charge on any atom is -0.349 e. The van der Waals surface area contributed by atoms with E-state index in [-0.39, 0.29) is 18.4 Å². The van der Waals surface area contributed by atoms with E-state index in [1.807, 2.05) is 12.1 Å². The molecule has 2 atom stereocenters. The molecule has 0 aromatic heterocycles. The number of carbonyl (C=O) groups excluding carboxylic acids is 2. The zero-order valence-electron chi connectivity index (χ0n) is 14.0. The Balaban J connectivity index is 1.75. The van der Waals surface area contributed by atoms with E-state index in [1.165, 1.54) is 0 Å². The molecule has 0 fully saturated rings. The number of rotatable bonds is 6. The molecule has 2 aromatic rings. The average Bonchev–Trinajstić information content (AvgIpc) is 3.04. The predicted octanol–water partition coefficient (Wildman–Crippen LogP) is 2.80. The number of nitrogens with one attached hydrogen (secondary N) is 1. The average molecular weight is 370 g/mol. The lowest BCUT2D eigenvalue weighted by Gasteiger charge is -2.16. The second-order valence-electron chi connectivity index (χ2n) is 6.14. The molecule has 1 aliphatic rings. The number of nitrogens with zero attached hydrogens (tertiary/aromatic N) is 1. The van der Waals surface area contributed by atoms with Crippen LogP contribution in [0.2, 0.25) is 0 Å². The summed E-state index contributed by atoms with van der Waals surface area (Å²) in [5.41, 5.74) is 3.24. The molecule has 6 nitrogen and oxygen atoms in total. The van der Waals surface area contributed by atoms with Crippen LogP contribution in [-0.2, 0) is 21.7 Å². The zero-order chi connectivity index (χ0) is 18.5. The molecule has 0 spiro atoms. The van der Waals surface area contributed by atoms with Crippen LogP contribution in [0.1, 0.15) is 52.0 Å². The first-order valence-electron chi connectivity index (χ1n) is 8.30. The fourth-order valence-corrected chi connectivity index (χ4v) is 3.77. The molecule has 7 heteroatoms. The molecule has 0 aliphatic heterocycles. The van der Waals surface area contributed by atoms with Gasteiger partial charge in [-0.2, -0.15) is 12.8 Å². The number of aldehydes is 1. The van der Waals surface area contributed by atoms with Gasteiger partial charge in [0, 0.05) is 5.56 Å². The van der Waals surface area contributed by atoms with Crippen LogP contribution >= 0.6 is 0 Å². The second kappa shape index (κ2) is 8.05. The predicted molar refractivity (Wildman–Crippen MR) is 96.2 cm³/mol. The van der Waals surface area contributed by atoms with Gasteiger partial charge in [-0.05, 0) is 29.5 Å². The number of hydrogen-bond acceptors (Lipinski definition) is 5. The van der Waals surface area contributed by atoms with Crippen LogP contribution in [0.3, 0.4) is 0 Å². The van der Waals surface area contributed by atoms with Crippen molar-refractivity contribution in [3.63, 3.8) is 0 Å². The monoisotopic (exact) mass is 370 g/mol. The molecule has 2 unspecified atom stereocenters. The first-order valence-corrected chi connectivity index (χ1v) is 9.33. The number of hydrogen-bond donors (Lipinski definition) is 1. The minimum atomic E-state index is -2.60. The van der Waals surface area contributed by atoms with Crippen molar-refractivity contribution < 1.29 is 18.0 Å². The highest BCUT2D eigenvalue weighted by molar-refractivity contribution is 7.61. The summed E-state index contributed by atoms with van der Waals surface area (Å²) in [4.78, 5) is 23.6. The quantitative estimate of drug-likeness (QED) is 0.791. The molecule has 1 aliphatic carbocycles. The first kappa shape index (κ1) is 18.0. The summed E-state index contributed by atoms with van der Waals surface area (Å²) in [6.45, 7) is 0. The molecule has 2 aromatic carbocycles. The van der Waals surface area contributed by atoms with Gasteiger partial charge in [0.1, 0.15) is 12.3 Å². The van der Waals surface area contributed by atoms with Crippen LogP contribution in [0, 0.1) is 0 Å². The molecule has 1 N–H and O–H groups in total. The van der Waals surface area contributed by atoms with Gasteiger partial charge in [-0.25, -0.2) is 0 Å². The zero-order valence-corrected chi connectivity index (χ0v) is 14.8. The SMILES string of the molecule is O=Cc1cccc2c1CCC2NC(=O)CC(N=S(=O)=O)c1ccccc1. The van der Waals surface area contributed by atoms with Gasteiger partial charge in [0.25, 0.3) is 0 Å². The smallest absolute Gasteiger partial charge is 0.311 e. The van der Waals surface area contributed by atoms with E-state index in [2.05, 4.69) is 9.68 Å². The van der Waals surface area contributed by atoms with Gasteiger partial charge in [0.15, 0.2) is 0 Å². The van der Waals surface area contributed by atoms with Crippen LogP contribution < -0.4 is 5.32 Å². The Hall–Kier alpha value is -2.80. The molecule has 3 rings (SSSR count). The maximum atomic E-state index is 12.5. The fourth-order valence-electron chi connectivity index (χ4n) is 3.37. The summed E-state index contributed by atoms with van der Waals surface area (Å²) in [6, 6.07) is 13.4. The topological polar surface area (TPSA) is 92.7 Å². The Kier molecular flexibility index (Phi) is 5.58. The van der Waals surface area contributed by atoms with Crippen molar-refractivity contribution in [3.8, 4) is 0 Å². The van der Waals surface area contributed by atoms with Crippen molar-refractivity contribution in [2.24, 2.45) is 4.36 Å².